The first-order chi connectivity index (χ1) is 15.9. The van der Waals surface area contributed by atoms with Gasteiger partial charge in [-0.05, 0) is 72.9 Å². The second-order valence-corrected chi connectivity index (χ2v) is 10.8. The maximum absolute atomic E-state index is 11.7. The zero-order chi connectivity index (χ0) is 24.9. The third kappa shape index (κ3) is 7.70. The van der Waals surface area contributed by atoms with E-state index in [1.165, 1.54) is 0 Å². The molecule has 0 bridgehead atoms. The summed E-state index contributed by atoms with van der Waals surface area (Å²) in [4.78, 5) is 16.3. The first-order valence-electron chi connectivity index (χ1n) is 12.0. The predicted molar refractivity (Wildman–Crippen MR) is 131 cm³/mol. The SMILES string of the molecule is CC(C)(C)OC(=O)NCCOCc1cccc(Nc2cc([C@H]3CC[C@@H](O)C3)nn2C(C)(C)C)n1. The van der Waals surface area contributed by atoms with Crippen LogP contribution < -0.4 is 10.6 Å². The summed E-state index contributed by atoms with van der Waals surface area (Å²) in [5, 5.41) is 20.9. The van der Waals surface area contributed by atoms with E-state index < -0.39 is 11.7 Å². The standard InChI is InChI=1S/C25H39N5O4/c1-24(2,3)30-22(15-20(29-30)17-10-11-19(31)14-17)28-21-9-7-8-18(27-21)16-33-13-12-26-23(32)34-25(4,5)6/h7-9,15,17,19,31H,10-14,16H2,1-6H3,(H,26,32)(H,27,28)/t17-,19+/m0/s1. The minimum Gasteiger partial charge on any atom is -0.444 e. The van der Waals surface area contributed by atoms with E-state index in [-0.39, 0.29) is 17.6 Å². The van der Waals surface area contributed by atoms with Crippen molar-refractivity contribution in [2.75, 3.05) is 18.5 Å². The summed E-state index contributed by atoms with van der Waals surface area (Å²) >= 11 is 0. The number of anilines is 2. The Morgan fingerprint density at radius 3 is 2.62 bits per heavy atom. The van der Waals surface area contributed by atoms with Crippen LogP contribution in [0.15, 0.2) is 24.3 Å². The van der Waals surface area contributed by atoms with Gasteiger partial charge in [0.2, 0.25) is 0 Å². The highest BCUT2D eigenvalue weighted by molar-refractivity contribution is 5.67. The van der Waals surface area contributed by atoms with Crippen molar-refractivity contribution in [1.82, 2.24) is 20.1 Å². The summed E-state index contributed by atoms with van der Waals surface area (Å²) in [5.41, 5.74) is 1.05. The molecule has 0 spiro atoms. The fraction of sp³-hybridized carbons (Fsp3) is 0.640. The molecule has 2 atom stereocenters. The number of hydrogen-bond acceptors (Lipinski definition) is 7. The van der Waals surface area contributed by atoms with Gasteiger partial charge in [-0.2, -0.15) is 5.10 Å². The van der Waals surface area contributed by atoms with Gasteiger partial charge in [0.25, 0.3) is 0 Å². The number of carbonyl (C=O) groups is 1. The molecule has 1 aliphatic carbocycles. The molecule has 3 rings (SSSR count). The zero-order valence-electron chi connectivity index (χ0n) is 21.2. The van der Waals surface area contributed by atoms with Crippen LogP contribution in [0.4, 0.5) is 16.4 Å². The van der Waals surface area contributed by atoms with Crippen LogP contribution in [0.2, 0.25) is 0 Å². The Morgan fingerprint density at radius 2 is 1.97 bits per heavy atom. The van der Waals surface area contributed by atoms with Gasteiger partial charge in [-0.25, -0.2) is 14.5 Å². The molecule has 2 aromatic heterocycles. The Bertz CT molecular complexity index is 961. The van der Waals surface area contributed by atoms with Gasteiger partial charge in [-0.3, -0.25) is 0 Å². The highest BCUT2D eigenvalue weighted by atomic mass is 16.6. The van der Waals surface area contributed by atoms with Crippen LogP contribution in [0.1, 0.15) is 78.1 Å². The molecule has 0 aromatic carbocycles. The molecule has 0 radical (unpaired) electrons. The second kappa shape index (κ2) is 10.7. The number of amides is 1. The fourth-order valence-electron chi connectivity index (χ4n) is 3.90. The lowest BCUT2D eigenvalue weighted by molar-refractivity contribution is 0.0493. The molecule has 34 heavy (non-hydrogen) atoms. The highest BCUT2D eigenvalue weighted by Gasteiger charge is 2.29. The van der Waals surface area contributed by atoms with E-state index in [0.717, 1.165) is 36.5 Å². The van der Waals surface area contributed by atoms with E-state index in [9.17, 15) is 9.90 Å². The van der Waals surface area contributed by atoms with E-state index in [2.05, 4.69) is 42.5 Å². The average Bonchev–Trinajstić information content (AvgIpc) is 3.33. The number of rotatable bonds is 8. The summed E-state index contributed by atoms with van der Waals surface area (Å²) in [6.07, 6.45) is 1.85. The van der Waals surface area contributed by atoms with Gasteiger partial charge in [0.05, 0.1) is 36.2 Å². The number of aliphatic hydroxyl groups is 1. The summed E-state index contributed by atoms with van der Waals surface area (Å²) in [6, 6.07) is 7.81. The van der Waals surface area contributed by atoms with Crippen LogP contribution in [0.3, 0.4) is 0 Å². The van der Waals surface area contributed by atoms with Crippen LogP contribution in [-0.4, -0.2) is 50.8 Å². The first kappa shape index (κ1) is 26.0. The van der Waals surface area contributed by atoms with Gasteiger partial charge in [0, 0.05) is 18.5 Å². The number of carbonyl (C=O) groups excluding carboxylic acids is 1. The quantitative estimate of drug-likeness (QED) is 0.486. The number of aromatic nitrogens is 3. The third-order valence-corrected chi connectivity index (χ3v) is 5.41. The summed E-state index contributed by atoms with van der Waals surface area (Å²) < 4.78 is 12.9. The number of ether oxygens (including phenoxy) is 2. The summed E-state index contributed by atoms with van der Waals surface area (Å²) in [6.45, 7) is 12.8. The summed E-state index contributed by atoms with van der Waals surface area (Å²) in [5.74, 6) is 1.86. The number of hydrogen-bond donors (Lipinski definition) is 3. The lowest BCUT2D eigenvalue weighted by Crippen LogP contribution is -2.34. The molecule has 3 N–H and O–H groups in total. The van der Waals surface area contributed by atoms with Gasteiger partial charge >= 0.3 is 6.09 Å². The highest BCUT2D eigenvalue weighted by Crippen LogP contribution is 2.36. The van der Waals surface area contributed by atoms with E-state index >= 15 is 0 Å². The second-order valence-electron chi connectivity index (χ2n) is 10.8. The smallest absolute Gasteiger partial charge is 0.407 e. The Kier molecular flexibility index (Phi) is 8.20. The third-order valence-electron chi connectivity index (χ3n) is 5.41. The first-order valence-corrected chi connectivity index (χ1v) is 12.0. The average molecular weight is 474 g/mol. The lowest BCUT2D eigenvalue weighted by Gasteiger charge is -2.22. The Morgan fingerprint density at radius 1 is 1.21 bits per heavy atom. The number of nitrogens with one attached hydrogen (secondary N) is 2. The molecule has 1 aliphatic rings. The van der Waals surface area contributed by atoms with Crippen LogP contribution in [0.5, 0.6) is 0 Å². The van der Waals surface area contributed by atoms with Crippen molar-refractivity contribution in [1.29, 1.82) is 0 Å². The van der Waals surface area contributed by atoms with Gasteiger partial charge in [-0.1, -0.05) is 6.07 Å². The Labute approximate surface area is 202 Å². The molecule has 0 saturated heterocycles. The largest absolute Gasteiger partial charge is 0.444 e. The molecule has 1 amide bonds. The molecule has 2 heterocycles. The van der Waals surface area contributed by atoms with Crippen molar-refractivity contribution in [3.63, 3.8) is 0 Å². The molecule has 1 fully saturated rings. The van der Waals surface area contributed by atoms with Gasteiger partial charge in [0.1, 0.15) is 17.2 Å². The fourth-order valence-corrected chi connectivity index (χ4v) is 3.90. The van der Waals surface area contributed by atoms with Crippen LogP contribution in [0.25, 0.3) is 0 Å². The molecule has 9 heteroatoms. The normalized spacial score (nSPS) is 18.7. The minimum atomic E-state index is -0.524. The monoisotopic (exact) mass is 473 g/mol. The summed E-state index contributed by atoms with van der Waals surface area (Å²) in [7, 11) is 0. The molecule has 0 unspecified atom stereocenters. The maximum Gasteiger partial charge on any atom is 0.407 e. The topological polar surface area (TPSA) is 111 Å². The maximum atomic E-state index is 11.7. The van der Waals surface area contributed by atoms with Gasteiger partial charge < -0.3 is 25.2 Å². The molecular formula is C25H39N5O4. The lowest BCUT2D eigenvalue weighted by atomic mass is 10.0. The molecule has 0 aliphatic heterocycles. The van der Waals surface area contributed by atoms with Crippen molar-refractivity contribution < 1.29 is 19.4 Å². The number of alkyl carbamates (subject to hydrolysis) is 1. The molecule has 1 saturated carbocycles. The molecule has 188 valence electrons. The number of aliphatic hydroxyl groups excluding tert-OH is 1. The number of pyridine rings is 1. The van der Waals surface area contributed by atoms with Crippen molar-refractivity contribution in [2.24, 2.45) is 0 Å². The molecular weight excluding hydrogens is 434 g/mol. The zero-order valence-corrected chi connectivity index (χ0v) is 21.2. The van der Waals surface area contributed by atoms with Gasteiger partial charge in [0.15, 0.2) is 0 Å². The number of nitrogens with zero attached hydrogens (tertiary/aromatic N) is 3. The van der Waals surface area contributed by atoms with Crippen LogP contribution in [0, 0.1) is 0 Å². The van der Waals surface area contributed by atoms with Crippen molar-refractivity contribution in [3.05, 3.63) is 35.7 Å². The van der Waals surface area contributed by atoms with Crippen LogP contribution in [-0.2, 0) is 21.6 Å². The van der Waals surface area contributed by atoms with E-state index in [0.29, 0.717) is 25.6 Å². The predicted octanol–water partition coefficient (Wildman–Crippen LogP) is 4.45. The van der Waals surface area contributed by atoms with E-state index in [1.807, 2.05) is 43.7 Å². The Hall–Kier alpha value is -2.65. The Balaban J connectivity index is 1.57. The van der Waals surface area contributed by atoms with Crippen molar-refractivity contribution >= 4 is 17.7 Å². The van der Waals surface area contributed by atoms with Crippen molar-refractivity contribution in [2.45, 2.75) is 90.6 Å². The molecule has 2 aromatic rings. The van der Waals surface area contributed by atoms with Gasteiger partial charge in [-0.15, -0.1) is 0 Å². The van der Waals surface area contributed by atoms with E-state index in [1.54, 1.807) is 0 Å². The minimum absolute atomic E-state index is 0.209. The van der Waals surface area contributed by atoms with Crippen molar-refractivity contribution in [3.8, 4) is 0 Å². The molecule has 9 nitrogen and oxygen atoms in total. The van der Waals surface area contributed by atoms with Crippen LogP contribution >= 0.6 is 0 Å². The van der Waals surface area contributed by atoms with E-state index in [4.69, 9.17) is 14.6 Å².